The van der Waals surface area contributed by atoms with Crippen molar-refractivity contribution in [3.63, 3.8) is 0 Å². The number of nitrogens with one attached hydrogen (secondary N) is 1. The van der Waals surface area contributed by atoms with E-state index in [-0.39, 0.29) is 17.6 Å². The summed E-state index contributed by atoms with van der Waals surface area (Å²) in [5, 5.41) is 2.75. The van der Waals surface area contributed by atoms with E-state index in [9.17, 15) is 9.59 Å². The van der Waals surface area contributed by atoms with Crippen molar-refractivity contribution in [1.82, 2.24) is 4.90 Å². The second-order valence-electron chi connectivity index (χ2n) is 5.49. The zero-order valence-corrected chi connectivity index (χ0v) is 14.1. The van der Waals surface area contributed by atoms with E-state index in [1.165, 1.54) is 6.42 Å². The lowest BCUT2D eigenvalue weighted by Crippen LogP contribution is -2.35. The van der Waals surface area contributed by atoms with E-state index in [0.29, 0.717) is 15.9 Å². The van der Waals surface area contributed by atoms with Crippen LogP contribution in [-0.4, -0.2) is 29.8 Å². The van der Waals surface area contributed by atoms with Gasteiger partial charge in [0, 0.05) is 24.3 Å². The van der Waals surface area contributed by atoms with Gasteiger partial charge in [-0.1, -0.05) is 6.07 Å². The normalized spacial score (nSPS) is 14.6. The van der Waals surface area contributed by atoms with Gasteiger partial charge in [0.1, 0.15) is 0 Å². The van der Waals surface area contributed by atoms with Crippen molar-refractivity contribution in [2.24, 2.45) is 0 Å². The number of rotatable bonds is 3. The van der Waals surface area contributed by atoms with Gasteiger partial charge in [-0.3, -0.25) is 9.59 Å². The molecule has 1 aliphatic heterocycles. The highest BCUT2D eigenvalue weighted by atomic mass is 79.9. The number of likely N-dealkylation sites (tertiary alicyclic amines) is 1. The summed E-state index contributed by atoms with van der Waals surface area (Å²) in [5.41, 5.74) is 1.16. The predicted octanol–water partition coefficient (Wildman–Crippen LogP) is 3.92. The summed E-state index contributed by atoms with van der Waals surface area (Å²) in [6.45, 7) is 1.60. The number of carbonyl (C=O) groups excluding carboxylic acids is 2. The molecule has 3 rings (SSSR count). The molecular formula is C17H17BrN2O3. The van der Waals surface area contributed by atoms with Crippen LogP contribution in [0, 0.1) is 0 Å². The second kappa shape index (κ2) is 7.00. The van der Waals surface area contributed by atoms with Crippen LogP contribution in [0.25, 0.3) is 0 Å². The number of furan rings is 1. The molecule has 0 bridgehead atoms. The van der Waals surface area contributed by atoms with Crippen LogP contribution in [0.4, 0.5) is 5.69 Å². The van der Waals surface area contributed by atoms with Crippen molar-refractivity contribution in [2.75, 3.05) is 18.4 Å². The number of anilines is 1. The summed E-state index contributed by atoms with van der Waals surface area (Å²) in [5.74, 6) is -0.121. The Hall–Kier alpha value is -2.08. The van der Waals surface area contributed by atoms with E-state index in [1.807, 2.05) is 4.90 Å². The lowest BCUT2D eigenvalue weighted by molar-refractivity contribution is 0.0724. The summed E-state index contributed by atoms with van der Waals surface area (Å²) in [6, 6.07) is 10.2. The third kappa shape index (κ3) is 3.82. The summed E-state index contributed by atoms with van der Waals surface area (Å²) < 4.78 is 5.72. The monoisotopic (exact) mass is 376 g/mol. The Morgan fingerprint density at radius 2 is 1.87 bits per heavy atom. The topological polar surface area (TPSA) is 62.6 Å². The molecule has 1 fully saturated rings. The fourth-order valence-electron chi connectivity index (χ4n) is 2.64. The molecular weight excluding hydrogens is 360 g/mol. The summed E-state index contributed by atoms with van der Waals surface area (Å²) >= 11 is 3.16. The molecule has 1 N–H and O–H groups in total. The maximum Gasteiger partial charge on any atom is 0.291 e. The van der Waals surface area contributed by atoms with Gasteiger partial charge in [0.2, 0.25) is 0 Å². The van der Waals surface area contributed by atoms with Gasteiger partial charge >= 0.3 is 0 Å². The zero-order chi connectivity index (χ0) is 16.2. The van der Waals surface area contributed by atoms with Crippen molar-refractivity contribution in [3.05, 3.63) is 52.4 Å². The Morgan fingerprint density at radius 3 is 2.57 bits per heavy atom. The molecule has 5 nitrogen and oxygen atoms in total. The van der Waals surface area contributed by atoms with Crippen molar-refractivity contribution >= 4 is 33.4 Å². The number of nitrogens with zero attached hydrogens (tertiary/aromatic N) is 1. The van der Waals surface area contributed by atoms with Crippen molar-refractivity contribution < 1.29 is 14.0 Å². The van der Waals surface area contributed by atoms with Gasteiger partial charge in [-0.15, -0.1) is 0 Å². The molecule has 0 atom stereocenters. The van der Waals surface area contributed by atoms with Crippen molar-refractivity contribution in [3.8, 4) is 0 Å². The molecule has 23 heavy (non-hydrogen) atoms. The molecule has 1 aromatic heterocycles. The molecule has 0 radical (unpaired) electrons. The van der Waals surface area contributed by atoms with Crippen LogP contribution >= 0.6 is 15.9 Å². The van der Waals surface area contributed by atoms with Crippen LogP contribution in [0.2, 0.25) is 0 Å². The van der Waals surface area contributed by atoms with E-state index >= 15 is 0 Å². The Balaban J connectivity index is 1.71. The maximum atomic E-state index is 12.5. The van der Waals surface area contributed by atoms with E-state index < -0.39 is 0 Å². The Bertz CT molecular complexity index is 720. The Morgan fingerprint density at radius 1 is 1.09 bits per heavy atom. The first-order valence-corrected chi connectivity index (χ1v) is 8.39. The Labute approximate surface area is 142 Å². The zero-order valence-electron chi connectivity index (χ0n) is 12.5. The van der Waals surface area contributed by atoms with Crippen LogP contribution < -0.4 is 5.32 Å². The number of hydrogen-bond donors (Lipinski definition) is 1. The molecule has 2 aromatic rings. The van der Waals surface area contributed by atoms with Crippen molar-refractivity contribution in [2.45, 2.75) is 19.3 Å². The van der Waals surface area contributed by atoms with Gasteiger partial charge in [-0.2, -0.15) is 0 Å². The molecule has 1 aliphatic rings. The van der Waals surface area contributed by atoms with Crippen LogP contribution in [-0.2, 0) is 0 Å². The summed E-state index contributed by atoms with van der Waals surface area (Å²) in [7, 11) is 0. The second-order valence-corrected chi connectivity index (χ2v) is 6.27. The van der Waals surface area contributed by atoms with Crippen LogP contribution in [0.15, 0.2) is 45.5 Å². The van der Waals surface area contributed by atoms with Gasteiger partial charge in [0.25, 0.3) is 11.8 Å². The molecule has 1 saturated heterocycles. The molecule has 120 valence electrons. The quantitative estimate of drug-likeness (QED) is 0.882. The van der Waals surface area contributed by atoms with Gasteiger partial charge < -0.3 is 14.6 Å². The fourth-order valence-corrected chi connectivity index (χ4v) is 2.95. The van der Waals surface area contributed by atoms with Gasteiger partial charge in [-0.05, 0) is 65.5 Å². The minimum Gasteiger partial charge on any atom is -0.444 e. The van der Waals surface area contributed by atoms with Crippen LogP contribution in [0.5, 0.6) is 0 Å². The highest BCUT2D eigenvalue weighted by Gasteiger charge is 2.18. The van der Waals surface area contributed by atoms with E-state index in [4.69, 9.17) is 4.42 Å². The molecule has 2 heterocycles. The SMILES string of the molecule is O=C(Nc1cccc(C(=O)N2CCCCC2)c1)c1ccc(Br)o1. The van der Waals surface area contributed by atoms with E-state index in [0.717, 1.165) is 25.9 Å². The Kier molecular flexibility index (Phi) is 4.81. The number of halogens is 1. The molecule has 2 amide bonds. The first kappa shape index (κ1) is 15.8. The minimum atomic E-state index is -0.349. The maximum absolute atomic E-state index is 12.5. The van der Waals surface area contributed by atoms with Crippen LogP contribution in [0.3, 0.4) is 0 Å². The smallest absolute Gasteiger partial charge is 0.291 e. The van der Waals surface area contributed by atoms with Crippen LogP contribution in [0.1, 0.15) is 40.2 Å². The van der Waals surface area contributed by atoms with Gasteiger partial charge in [0.05, 0.1) is 0 Å². The number of benzene rings is 1. The van der Waals surface area contributed by atoms with Crippen molar-refractivity contribution in [1.29, 1.82) is 0 Å². The average molecular weight is 377 g/mol. The fraction of sp³-hybridized carbons (Fsp3) is 0.294. The predicted molar refractivity (Wildman–Crippen MR) is 90.6 cm³/mol. The molecule has 6 heteroatoms. The molecule has 0 spiro atoms. The highest BCUT2D eigenvalue weighted by molar-refractivity contribution is 9.10. The minimum absolute atomic E-state index is 0.0153. The third-order valence-corrected chi connectivity index (χ3v) is 4.23. The lowest BCUT2D eigenvalue weighted by Gasteiger charge is -2.26. The first-order chi connectivity index (χ1) is 11.1. The number of carbonyl (C=O) groups is 2. The van der Waals surface area contributed by atoms with E-state index in [1.54, 1.807) is 36.4 Å². The first-order valence-electron chi connectivity index (χ1n) is 7.59. The summed E-state index contributed by atoms with van der Waals surface area (Å²) in [4.78, 5) is 26.5. The third-order valence-electron chi connectivity index (χ3n) is 3.81. The number of piperidine rings is 1. The average Bonchev–Trinajstić information content (AvgIpc) is 3.02. The summed E-state index contributed by atoms with van der Waals surface area (Å²) in [6.07, 6.45) is 3.28. The molecule has 0 saturated carbocycles. The van der Waals surface area contributed by atoms with Gasteiger partial charge in [-0.25, -0.2) is 0 Å². The number of amides is 2. The van der Waals surface area contributed by atoms with Gasteiger partial charge in [0.15, 0.2) is 10.4 Å². The molecule has 1 aromatic carbocycles. The lowest BCUT2D eigenvalue weighted by atomic mass is 10.1. The molecule has 0 aliphatic carbocycles. The number of hydrogen-bond acceptors (Lipinski definition) is 3. The standard InChI is InChI=1S/C17H17BrN2O3/c18-15-8-7-14(23-15)16(21)19-13-6-4-5-12(11-13)17(22)20-9-2-1-3-10-20/h4-8,11H,1-3,9-10H2,(H,19,21). The molecule has 0 unspecified atom stereocenters. The highest BCUT2D eigenvalue weighted by Crippen LogP contribution is 2.18. The van der Waals surface area contributed by atoms with E-state index in [2.05, 4.69) is 21.2 Å². The largest absolute Gasteiger partial charge is 0.444 e.